The van der Waals surface area contributed by atoms with E-state index in [2.05, 4.69) is 9.82 Å². The molecule has 0 saturated carbocycles. The van der Waals surface area contributed by atoms with Crippen molar-refractivity contribution < 1.29 is 26.3 Å². The summed E-state index contributed by atoms with van der Waals surface area (Å²) in [7, 11) is -2.04. The zero-order valence-corrected chi connectivity index (χ0v) is 13.1. The van der Waals surface area contributed by atoms with E-state index in [9.17, 15) is 21.6 Å². The smallest absolute Gasteiger partial charge is 0.416 e. The third kappa shape index (κ3) is 4.38. The first-order valence-corrected chi connectivity index (χ1v) is 8.15. The van der Waals surface area contributed by atoms with Gasteiger partial charge in [0, 0.05) is 7.05 Å². The summed E-state index contributed by atoms with van der Waals surface area (Å²) >= 11 is 0. The number of benzene rings is 1. The monoisotopic (exact) mass is 349 g/mol. The molecule has 0 aliphatic heterocycles. The first-order chi connectivity index (χ1) is 10.6. The predicted molar refractivity (Wildman–Crippen MR) is 77.8 cm³/mol. The zero-order chi connectivity index (χ0) is 17.3. The molecule has 23 heavy (non-hydrogen) atoms. The number of aromatic nitrogens is 2. The van der Waals surface area contributed by atoms with Crippen molar-refractivity contribution in [2.75, 3.05) is 10.5 Å². The zero-order valence-electron chi connectivity index (χ0n) is 12.3. The number of anilines is 1. The van der Waals surface area contributed by atoms with Gasteiger partial charge >= 0.3 is 6.18 Å². The average molecular weight is 349 g/mol. The van der Waals surface area contributed by atoms with Crippen LogP contribution in [0.1, 0.15) is 12.5 Å². The fourth-order valence-electron chi connectivity index (χ4n) is 1.70. The molecule has 1 N–H and O–H groups in total. The Labute approximate surface area is 130 Å². The summed E-state index contributed by atoms with van der Waals surface area (Å²) in [5, 5.41) is 3.90. The molecule has 2 aromatic rings. The highest BCUT2D eigenvalue weighted by Crippen LogP contribution is 2.34. The molecule has 0 atom stereocenters. The van der Waals surface area contributed by atoms with Crippen molar-refractivity contribution in [3.8, 4) is 11.6 Å². The standard InChI is InChI=1S/C13H14F3N3O3S/c1-3-23(20,21)18-11-8-19(2)17-12(11)22-10-6-4-5-9(7-10)13(14,15)16/h4-8,18H,3H2,1-2H3. The summed E-state index contributed by atoms with van der Waals surface area (Å²) < 4.78 is 70.2. The Morgan fingerprint density at radius 1 is 1.35 bits per heavy atom. The van der Waals surface area contributed by atoms with E-state index in [1.807, 2.05) is 0 Å². The van der Waals surface area contributed by atoms with Gasteiger partial charge in [-0.2, -0.15) is 13.2 Å². The van der Waals surface area contributed by atoms with Gasteiger partial charge in [-0.25, -0.2) is 8.42 Å². The summed E-state index contributed by atoms with van der Waals surface area (Å²) in [5.74, 6) is -0.399. The summed E-state index contributed by atoms with van der Waals surface area (Å²) in [6, 6.07) is 4.23. The van der Waals surface area contributed by atoms with Crippen molar-refractivity contribution >= 4 is 15.7 Å². The van der Waals surface area contributed by atoms with Gasteiger partial charge in [0.25, 0.3) is 5.88 Å². The SMILES string of the molecule is CCS(=O)(=O)Nc1cn(C)nc1Oc1cccc(C(F)(F)F)c1. The van der Waals surface area contributed by atoms with Crippen LogP contribution in [0, 0.1) is 0 Å². The normalized spacial score (nSPS) is 12.2. The molecule has 0 radical (unpaired) electrons. The number of aryl methyl sites for hydroxylation is 1. The summed E-state index contributed by atoms with van der Waals surface area (Å²) in [4.78, 5) is 0. The lowest BCUT2D eigenvalue weighted by molar-refractivity contribution is -0.137. The van der Waals surface area contributed by atoms with E-state index < -0.39 is 21.8 Å². The maximum absolute atomic E-state index is 12.7. The molecule has 10 heteroatoms. The van der Waals surface area contributed by atoms with Crippen LogP contribution in [0.25, 0.3) is 0 Å². The minimum absolute atomic E-state index is 0.0479. The molecular weight excluding hydrogens is 335 g/mol. The molecule has 0 fully saturated rings. The number of rotatable bonds is 5. The minimum Gasteiger partial charge on any atom is -0.436 e. The number of ether oxygens (including phenoxy) is 1. The number of halogens is 3. The Morgan fingerprint density at radius 2 is 2.04 bits per heavy atom. The van der Waals surface area contributed by atoms with Crippen LogP contribution in [0.5, 0.6) is 11.6 Å². The van der Waals surface area contributed by atoms with Gasteiger partial charge in [0.05, 0.1) is 17.5 Å². The van der Waals surface area contributed by atoms with Crippen LogP contribution in [0.15, 0.2) is 30.5 Å². The van der Waals surface area contributed by atoms with Crippen molar-refractivity contribution in [3.63, 3.8) is 0 Å². The van der Waals surface area contributed by atoms with Gasteiger partial charge in [0.2, 0.25) is 10.0 Å². The van der Waals surface area contributed by atoms with Crippen molar-refractivity contribution in [2.45, 2.75) is 13.1 Å². The fraction of sp³-hybridized carbons (Fsp3) is 0.308. The molecule has 0 saturated heterocycles. The lowest BCUT2D eigenvalue weighted by Gasteiger charge is -2.10. The minimum atomic E-state index is -4.50. The number of nitrogens with zero attached hydrogens (tertiary/aromatic N) is 2. The van der Waals surface area contributed by atoms with E-state index in [1.165, 1.54) is 37.0 Å². The van der Waals surface area contributed by atoms with Gasteiger partial charge in [-0.3, -0.25) is 9.40 Å². The number of alkyl halides is 3. The molecule has 0 aliphatic carbocycles. The first-order valence-electron chi connectivity index (χ1n) is 6.50. The van der Waals surface area contributed by atoms with Crippen LogP contribution >= 0.6 is 0 Å². The van der Waals surface area contributed by atoms with Gasteiger partial charge in [0.15, 0.2) is 0 Å². The van der Waals surface area contributed by atoms with E-state index in [1.54, 1.807) is 0 Å². The Balaban J connectivity index is 2.31. The highest BCUT2D eigenvalue weighted by molar-refractivity contribution is 7.92. The molecule has 6 nitrogen and oxygen atoms in total. The topological polar surface area (TPSA) is 73.2 Å². The molecular formula is C13H14F3N3O3S. The Kier molecular flexibility index (Phi) is 4.55. The molecule has 0 aliphatic rings. The van der Waals surface area contributed by atoms with Gasteiger partial charge in [-0.05, 0) is 25.1 Å². The Hall–Kier alpha value is -2.23. The van der Waals surface area contributed by atoms with E-state index in [0.29, 0.717) is 0 Å². The average Bonchev–Trinajstić information content (AvgIpc) is 2.77. The maximum Gasteiger partial charge on any atom is 0.416 e. The number of hydrogen-bond donors (Lipinski definition) is 1. The van der Waals surface area contributed by atoms with Crippen molar-refractivity contribution in [1.29, 1.82) is 0 Å². The molecule has 0 unspecified atom stereocenters. The van der Waals surface area contributed by atoms with Crippen molar-refractivity contribution in [2.24, 2.45) is 7.05 Å². The Morgan fingerprint density at radius 3 is 2.65 bits per heavy atom. The number of sulfonamides is 1. The molecule has 1 aromatic heterocycles. The van der Waals surface area contributed by atoms with E-state index in [4.69, 9.17) is 4.74 Å². The van der Waals surface area contributed by atoms with Crippen LogP contribution in [0.2, 0.25) is 0 Å². The second-order valence-electron chi connectivity index (χ2n) is 4.65. The van der Waals surface area contributed by atoms with Crippen molar-refractivity contribution in [1.82, 2.24) is 9.78 Å². The molecule has 126 valence electrons. The Bertz CT molecular complexity index is 800. The van der Waals surface area contributed by atoms with Crippen LogP contribution in [0.4, 0.5) is 18.9 Å². The summed E-state index contributed by atoms with van der Waals surface area (Å²) in [5.41, 5.74) is -0.826. The van der Waals surface area contributed by atoms with Gasteiger partial charge in [-0.1, -0.05) is 6.07 Å². The molecule has 1 aromatic carbocycles. The predicted octanol–water partition coefficient (Wildman–Crippen LogP) is 2.99. The summed E-state index contributed by atoms with van der Waals surface area (Å²) in [6.45, 7) is 1.45. The van der Waals surface area contributed by atoms with Gasteiger partial charge in [0.1, 0.15) is 11.4 Å². The summed E-state index contributed by atoms with van der Waals surface area (Å²) in [6.07, 6.45) is -3.15. The second kappa shape index (κ2) is 6.11. The van der Waals surface area contributed by atoms with Gasteiger partial charge < -0.3 is 4.74 Å². The third-order valence-corrected chi connectivity index (χ3v) is 4.11. The molecule has 0 spiro atoms. The van der Waals surface area contributed by atoms with Crippen LogP contribution in [-0.4, -0.2) is 24.0 Å². The molecule has 0 bridgehead atoms. The van der Waals surface area contributed by atoms with E-state index in [-0.39, 0.29) is 23.1 Å². The molecule has 1 heterocycles. The highest BCUT2D eigenvalue weighted by Gasteiger charge is 2.30. The maximum atomic E-state index is 12.7. The first kappa shape index (κ1) is 17.1. The van der Waals surface area contributed by atoms with Gasteiger partial charge in [-0.15, -0.1) is 5.10 Å². The molecule has 2 rings (SSSR count). The van der Waals surface area contributed by atoms with Crippen LogP contribution in [-0.2, 0) is 23.2 Å². The second-order valence-corrected chi connectivity index (χ2v) is 6.67. The number of hydrogen-bond acceptors (Lipinski definition) is 4. The van der Waals surface area contributed by atoms with E-state index >= 15 is 0 Å². The van der Waals surface area contributed by atoms with Crippen LogP contribution < -0.4 is 9.46 Å². The third-order valence-electron chi connectivity index (χ3n) is 2.82. The van der Waals surface area contributed by atoms with E-state index in [0.717, 1.165) is 12.1 Å². The number of nitrogens with one attached hydrogen (secondary N) is 1. The lowest BCUT2D eigenvalue weighted by Crippen LogP contribution is -2.14. The quantitative estimate of drug-likeness (QED) is 0.901. The van der Waals surface area contributed by atoms with Crippen molar-refractivity contribution in [3.05, 3.63) is 36.0 Å². The molecule has 0 amide bonds. The fourth-order valence-corrected chi connectivity index (χ4v) is 2.32. The van der Waals surface area contributed by atoms with Crippen LogP contribution in [0.3, 0.4) is 0 Å². The largest absolute Gasteiger partial charge is 0.436 e. The highest BCUT2D eigenvalue weighted by atomic mass is 32.2. The lowest BCUT2D eigenvalue weighted by atomic mass is 10.2.